The summed E-state index contributed by atoms with van der Waals surface area (Å²) in [4.78, 5) is 13.3. The second kappa shape index (κ2) is 8.82. The molecule has 1 saturated carbocycles. The third kappa shape index (κ3) is 4.87. The first-order valence-electron chi connectivity index (χ1n) is 9.60. The fraction of sp³-hybridized carbons (Fsp3) is 0.115. The van der Waals surface area contributed by atoms with Crippen molar-refractivity contribution in [3.8, 4) is 0 Å². The lowest BCUT2D eigenvalue weighted by atomic mass is 9.77. The summed E-state index contributed by atoms with van der Waals surface area (Å²) in [5, 5.41) is 1.38. The van der Waals surface area contributed by atoms with Crippen molar-refractivity contribution in [2.75, 3.05) is 0 Å². The Kier molecular flexibility index (Phi) is 5.99. The molecular weight excluding hydrogens is 399 g/mol. The quantitative estimate of drug-likeness (QED) is 0.400. The molecule has 4 rings (SSSR count). The fourth-order valence-electron chi connectivity index (χ4n) is 3.72. The minimum atomic E-state index is 0.113. The van der Waals surface area contributed by atoms with Crippen LogP contribution in [-0.4, -0.2) is 5.78 Å². The highest BCUT2D eigenvalue weighted by Crippen LogP contribution is 2.38. The van der Waals surface area contributed by atoms with Crippen LogP contribution in [0.3, 0.4) is 0 Å². The molecule has 3 heteroatoms. The highest BCUT2D eigenvalue weighted by Gasteiger charge is 2.28. The SMILES string of the molecule is O=C1C(=Cc2ccc(Cl)cc2)CC(c2ccccc2)CC1=Cc1ccc(Cl)cc1. The van der Waals surface area contributed by atoms with Gasteiger partial charge in [-0.25, -0.2) is 0 Å². The summed E-state index contributed by atoms with van der Waals surface area (Å²) < 4.78 is 0. The van der Waals surface area contributed by atoms with Crippen molar-refractivity contribution in [3.05, 3.63) is 117 Å². The largest absolute Gasteiger partial charge is 0.289 e. The van der Waals surface area contributed by atoms with Crippen LogP contribution < -0.4 is 0 Å². The highest BCUT2D eigenvalue weighted by molar-refractivity contribution is 6.30. The second-order valence-electron chi connectivity index (χ2n) is 7.29. The first-order valence-corrected chi connectivity index (χ1v) is 10.4. The summed E-state index contributed by atoms with van der Waals surface area (Å²) in [5.41, 5.74) is 4.87. The maximum atomic E-state index is 13.3. The first kappa shape index (κ1) is 19.7. The lowest BCUT2D eigenvalue weighted by Gasteiger charge is -2.26. The monoisotopic (exact) mass is 418 g/mol. The smallest absolute Gasteiger partial charge is 0.185 e. The predicted octanol–water partition coefficient (Wildman–Crippen LogP) is 7.61. The maximum absolute atomic E-state index is 13.3. The van der Waals surface area contributed by atoms with Crippen molar-refractivity contribution in [2.24, 2.45) is 0 Å². The van der Waals surface area contributed by atoms with Crippen LogP contribution in [0.2, 0.25) is 10.0 Å². The molecule has 0 saturated heterocycles. The summed E-state index contributed by atoms with van der Waals surface area (Å²) in [7, 11) is 0. The number of hydrogen-bond acceptors (Lipinski definition) is 1. The molecule has 0 spiro atoms. The Balaban J connectivity index is 1.73. The van der Waals surface area contributed by atoms with Gasteiger partial charge in [-0.2, -0.15) is 0 Å². The maximum Gasteiger partial charge on any atom is 0.185 e. The average molecular weight is 419 g/mol. The lowest BCUT2D eigenvalue weighted by molar-refractivity contribution is -0.113. The van der Waals surface area contributed by atoms with Crippen molar-refractivity contribution in [2.45, 2.75) is 18.8 Å². The molecule has 0 N–H and O–H groups in total. The van der Waals surface area contributed by atoms with E-state index in [1.54, 1.807) is 0 Å². The van der Waals surface area contributed by atoms with E-state index in [2.05, 4.69) is 24.3 Å². The highest BCUT2D eigenvalue weighted by atomic mass is 35.5. The van der Waals surface area contributed by atoms with Gasteiger partial charge >= 0.3 is 0 Å². The van der Waals surface area contributed by atoms with Crippen molar-refractivity contribution in [3.63, 3.8) is 0 Å². The van der Waals surface area contributed by atoms with Gasteiger partial charge < -0.3 is 0 Å². The zero-order valence-corrected chi connectivity index (χ0v) is 17.3. The van der Waals surface area contributed by atoms with Gasteiger partial charge in [-0.1, -0.05) is 77.8 Å². The molecule has 3 aromatic carbocycles. The topological polar surface area (TPSA) is 17.1 Å². The number of Topliss-reactive ketones (excluding diaryl/α,β-unsaturated/α-hetero) is 1. The van der Waals surface area contributed by atoms with Gasteiger partial charge in [0, 0.05) is 21.2 Å². The molecule has 0 heterocycles. The summed E-state index contributed by atoms with van der Waals surface area (Å²) >= 11 is 12.0. The zero-order chi connectivity index (χ0) is 20.2. The standard InChI is InChI=1S/C26H20Cl2O/c27-24-10-6-18(7-11-24)14-22-16-21(20-4-2-1-3-5-20)17-23(26(22)29)15-19-8-12-25(28)13-9-19/h1-15,21H,16-17H2. The molecule has 1 fully saturated rings. The van der Waals surface area contributed by atoms with E-state index in [4.69, 9.17) is 23.2 Å². The molecule has 0 unspecified atom stereocenters. The van der Waals surface area contributed by atoms with Gasteiger partial charge in [-0.15, -0.1) is 0 Å². The third-order valence-corrected chi connectivity index (χ3v) is 5.71. The minimum absolute atomic E-state index is 0.113. The van der Waals surface area contributed by atoms with E-state index in [9.17, 15) is 4.79 Å². The normalized spacial score (nSPS) is 19.7. The van der Waals surface area contributed by atoms with E-state index in [-0.39, 0.29) is 11.7 Å². The third-order valence-electron chi connectivity index (χ3n) is 5.21. The van der Waals surface area contributed by atoms with E-state index in [1.165, 1.54) is 5.56 Å². The van der Waals surface area contributed by atoms with Gasteiger partial charge in [0.25, 0.3) is 0 Å². The van der Waals surface area contributed by atoms with E-state index in [0.717, 1.165) is 35.1 Å². The molecule has 29 heavy (non-hydrogen) atoms. The molecule has 0 amide bonds. The number of benzene rings is 3. The Morgan fingerprint density at radius 2 is 1.10 bits per heavy atom. The molecule has 0 atom stereocenters. The van der Waals surface area contributed by atoms with Crippen LogP contribution in [-0.2, 0) is 4.79 Å². The molecule has 1 nitrogen and oxygen atoms in total. The molecule has 0 aliphatic heterocycles. The molecule has 0 aromatic heterocycles. The van der Waals surface area contributed by atoms with Crippen molar-refractivity contribution >= 4 is 41.1 Å². The Morgan fingerprint density at radius 3 is 1.55 bits per heavy atom. The zero-order valence-electron chi connectivity index (χ0n) is 15.8. The molecule has 144 valence electrons. The van der Waals surface area contributed by atoms with E-state index < -0.39 is 0 Å². The predicted molar refractivity (Wildman–Crippen MR) is 122 cm³/mol. The van der Waals surface area contributed by atoms with Crippen LogP contribution in [0, 0.1) is 0 Å². The number of carbonyl (C=O) groups excluding carboxylic acids is 1. The molecule has 1 aliphatic carbocycles. The number of hydrogen-bond donors (Lipinski definition) is 0. The van der Waals surface area contributed by atoms with Gasteiger partial charge in [0.15, 0.2) is 5.78 Å². The number of carbonyl (C=O) groups is 1. The number of halogens is 2. The van der Waals surface area contributed by atoms with Gasteiger partial charge in [-0.05, 0) is 71.9 Å². The summed E-state index contributed by atoms with van der Waals surface area (Å²) in [6.07, 6.45) is 5.43. The van der Waals surface area contributed by atoms with Crippen molar-refractivity contribution in [1.82, 2.24) is 0 Å². The van der Waals surface area contributed by atoms with Crippen molar-refractivity contribution in [1.29, 1.82) is 0 Å². The Morgan fingerprint density at radius 1 is 0.655 bits per heavy atom. The number of rotatable bonds is 3. The van der Waals surface area contributed by atoms with E-state index in [1.807, 2.05) is 66.7 Å². The summed E-state index contributed by atoms with van der Waals surface area (Å²) in [6, 6.07) is 25.6. The van der Waals surface area contributed by atoms with Gasteiger partial charge in [0.2, 0.25) is 0 Å². The van der Waals surface area contributed by atoms with Crippen LogP contribution in [0.15, 0.2) is 90.0 Å². The molecule has 0 bridgehead atoms. The Hall–Kier alpha value is -2.61. The average Bonchev–Trinajstić information content (AvgIpc) is 2.74. The molecule has 1 aliphatic rings. The van der Waals surface area contributed by atoms with Gasteiger partial charge in [0.05, 0.1) is 0 Å². The molecular formula is C26H20Cl2O. The van der Waals surface area contributed by atoms with Gasteiger partial charge in [0.1, 0.15) is 0 Å². The van der Waals surface area contributed by atoms with Crippen LogP contribution in [0.4, 0.5) is 0 Å². The molecule has 0 radical (unpaired) electrons. The number of allylic oxidation sites excluding steroid dienone is 2. The Labute approximate surface area is 181 Å². The van der Waals surface area contributed by atoms with Crippen LogP contribution in [0.25, 0.3) is 12.2 Å². The summed E-state index contributed by atoms with van der Waals surface area (Å²) in [5.74, 6) is 0.382. The van der Waals surface area contributed by atoms with E-state index >= 15 is 0 Å². The van der Waals surface area contributed by atoms with Crippen LogP contribution >= 0.6 is 23.2 Å². The molecule has 3 aromatic rings. The summed E-state index contributed by atoms with van der Waals surface area (Å²) in [6.45, 7) is 0. The van der Waals surface area contributed by atoms with Gasteiger partial charge in [-0.3, -0.25) is 4.79 Å². The second-order valence-corrected chi connectivity index (χ2v) is 8.16. The van der Waals surface area contributed by atoms with Crippen LogP contribution in [0.5, 0.6) is 0 Å². The van der Waals surface area contributed by atoms with Crippen LogP contribution in [0.1, 0.15) is 35.4 Å². The number of ketones is 1. The lowest BCUT2D eigenvalue weighted by Crippen LogP contribution is -2.19. The fourth-order valence-corrected chi connectivity index (χ4v) is 3.98. The van der Waals surface area contributed by atoms with Crippen molar-refractivity contribution < 1.29 is 4.79 Å². The first-order chi connectivity index (χ1) is 14.1. The minimum Gasteiger partial charge on any atom is -0.289 e. The Bertz CT molecular complexity index is 994. The van der Waals surface area contributed by atoms with E-state index in [0.29, 0.717) is 10.0 Å².